The van der Waals surface area contributed by atoms with Crippen LogP contribution in [-0.4, -0.2) is 34.1 Å². The van der Waals surface area contributed by atoms with Crippen molar-refractivity contribution in [2.45, 2.75) is 0 Å². The Balaban J connectivity index is 2.26. The molecule has 14 heavy (non-hydrogen) atoms. The third kappa shape index (κ3) is 1.56. The highest BCUT2D eigenvalue weighted by Gasteiger charge is 2.12. The first-order valence-electron chi connectivity index (χ1n) is 4.23. The molecule has 0 saturated heterocycles. The third-order valence-corrected chi connectivity index (χ3v) is 1.96. The molecule has 1 N–H and O–H groups in total. The Morgan fingerprint density at radius 3 is 2.79 bits per heavy atom. The normalized spacial score (nSPS) is 14.7. The highest BCUT2D eigenvalue weighted by atomic mass is 16.4. The van der Waals surface area contributed by atoms with Gasteiger partial charge in [0.05, 0.1) is 0 Å². The molecule has 0 spiro atoms. The van der Waals surface area contributed by atoms with E-state index in [4.69, 9.17) is 5.11 Å². The number of carbonyl (C=O) groups is 1. The van der Waals surface area contributed by atoms with E-state index in [1.807, 2.05) is 17.1 Å². The fourth-order valence-corrected chi connectivity index (χ4v) is 1.26. The van der Waals surface area contributed by atoms with E-state index in [9.17, 15) is 4.79 Å². The molecule has 0 saturated carbocycles. The molecule has 1 aliphatic rings. The molecular weight excluding hydrogens is 182 g/mol. The van der Waals surface area contributed by atoms with Crippen LogP contribution in [0.25, 0.3) is 0 Å². The average Bonchev–Trinajstić information content (AvgIpc) is 2.71. The molecule has 0 aliphatic carbocycles. The Bertz CT molecular complexity index is 381. The van der Waals surface area contributed by atoms with Crippen LogP contribution in [0.4, 0.5) is 5.95 Å². The standard InChI is InChI=1S/C9H9N3O2/c13-8(14)7-3-4-10-9(11-7)12-5-1-2-6-12/h1-4H,5-6H2,(H,13,14). The lowest BCUT2D eigenvalue weighted by Gasteiger charge is -2.14. The molecule has 1 aromatic heterocycles. The van der Waals surface area contributed by atoms with Gasteiger partial charge in [-0.3, -0.25) is 0 Å². The van der Waals surface area contributed by atoms with Gasteiger partial charge >= 0.3 is 5.97 Å². The van der Waals surface area contributed by atoms with Gasteiger partial charge in [-0.15, -0.1) is 0 Å². The van der Waals surface area contributed by atoms with E-state index in [1.165, 1.54) is 12.3 Å². The summed E-state index contributed by atoms with van der Waals surface area (Å²) < 4.78 is 0. The van der Waals surface area contributed by atoms with Gasteiger partial charge in [-0.2, -0.15) is 0 Å². The van der Waals surface area contributed by atoms with Gasteiger partial charge in [0.2, 0.25) is 5.95 Å². The summed E-state index contributed by atoms with van der Waals surface area (Å²) in [5.41, 5.74) is 0.0295. The van der Waals surface area contributed by atoms with Gasteiger partial charge in [0, 0.05) is 19.3 Å². The van der Waals surface area contributed by atoms with E-state index in [-0.39, 0.29) is 5.69 Å². The number of nitrogens with zero attached hydrogens (tertiary/aromatic N) is 3. The van der Waals surface area contributed by atoms with Gasteiger partial charge in [-0.1, -0.05) is 12.2 Å². The number of carboxylic acid groups (broad SMARTS) is 1. The summed E-state index contributed by atoms with van der Waals surface area (Å²) >= 11 is 0. The summed E-state index contributed by atoms with van der Waals surface area (Å²) in [6, 6.07) is 1.38. The van der Waals surface area contributed by atoms with Crippen LogP contribution in [0, 0.1) is 0 Å². The Morgan fingerprint density at radius 2 is 2.14 bits per heavy atom. The topological polar surface area (TPSA) is 66.3 Å². The van der Waals surface area contributed by atoms with Crippen molar-refractivity contribution in [3.63, 3.8) is 0 Å². The van der Waals surface area contributed by atoms with Gasteiger partial charge in [-0.25, -0.2) is 14.8 Å². The molecule has 0 aromatic carbocycles. The van der Waals surface area contributed by atoms with E-state index < -0.39 is 5.97 Å². The zero-order valence-corrected chi connectivity index (χ0v) is 7.42. The highest BCUT2D eigenvalue weighted by Crippen LogP contribution is 2.10. The van der Waals surface area contributed by atoms with E-state index in [1.54, 1.807) is 0 Å². The number of hydrogen-bond acceptors (Lipinski definition) is 4. The van der Waals surface area contributed by atoms with Crippen molar-refractivity contribution in [3.8, 4) is 0 Å². The summed E-state index contributed by atoms with van der Waals surface area (Å²) in [6.07, 6.45) is 5.46. The first-order valence-corrected chi connectivity index (χ1v) is 4.23. The Labute approximate surface area is 80.7 Å². The SMILES string of the molecule is O=C(O)c1ccnc(N2CC=CC2)n1. The van der Waals surface area contributed by atoms with Crippen LogP contribution in [-0.2, 0) is 0 Å². The molecule has 1 aromatic rings. The summed E-state index contributed by atoms with van der Waals surface area (Å²) in [4.78, 5) is 20.5. The van der Waals surface area contributed by atoms with Crippen LogP contribution < -0.4 is 4.90 Å². The third-order valence-electron chi connectivity index (χ3n) is 1.96. The second-order valence-electron chi connectivity index (χ2n) is 2.92. The van der Waals surface area contributed by atoms with Crippen molar-refractivity contribution in [2.24, 2.45) is 0 Å². The second-order valence-corrected chi connectivity index (χ2v) is 2.92. The fourth-order valence-electron chi connectivity index (χ4n) is 1.26. The Hall–Kier alpha value is -1.91. The first-order chi connectivity index (χ1) is 6.77. The minimum absolute atomic E-state index is 0.0295. The molecule has 5 heteroatoms. The quantitative estimate of drug-likeness (QED) is 0.691. The number of carboxylic acids is 1. The number of aromatic nitrogens is 2. The molecular formula is C9H9N3O2. The predicted octanol–water partition coefficient (Wildman–Crippen LogP) is 0.551. The predicted molar refractivity (Wildman–Crippen MR) is 50.3 cm³/mol. The average molecular weight is 191 g/mol. The summed E-state index contributed by atoms with van der Waals surface area (Å²) in [7, 11) is 0. The van der Waals surface area contributed by atoms with Crippen molar-refractivity contribution in [3.05, 3.63) is 30.1 Å². The highest BCUT2D eigenvalue weighted by molar-refractivity contribution is 5.85. The first kappa shape index (κ1) is 8.68. The zero-order valence-electron chi connectivity index (χ0n) is 7.42. The van der Waals surface area contributed by atoms with Gasteiger partial charge < -0.3 is 10.0 Å². The van der Waals surface area contributed by atoms with Crippen molar-refractivity contribution < 1.29 is 9.90 Å². The molecule has 0 radical (unpaired) electrons. The van der Waals surface area contributed by atoms with Gasteiger partial charge in [0.1, 0.15) is 0 Å². The maximum Gasteiger partial charge on any atom is 0.354 e. The number of hydrogen-bond donors (Lipinski definition) is 1. The summed E-state index contributed by atoms with van der Waals surface area (Å²) in [5, 5.41) is 8.73. The van der Waals surface area contributed by atoms with Gasteiger partial charge in [0.15, 0.2) is 5.69 Å². The monoisotopic (exact) mass is 191 g/mol. The molecule has 0 fully saturated rings. The minimum atomic E-state index is -1.03. The number of rotatable bonds is 2. The Morgan fingerprint density at radius 1 is 1.43 bits per heavy atom. The van der Waals surface area contributed by atoms with E-state index in [0.29, 0.717) is 5.95 Å². The van der Waals surface area contributed by atoms with E-state index in [0.717, 1.165) is 13.1 Å². The van der Waals surface area contributed by atoms with Crippen LogP contribution in [0.5, 0.6) is 0 Å². The molecule has 0 amide bonds. The number of anilines is 1. The lowest BCUT2D eigenvalue weighted by Crippen LogP contribution is -2.22. The maximum atomic E-state index is 10.6. The Kier molecular flexibility index (Phi) is 2.14. The zero-order chi connectivity index (χ0) is 9.97. The van der Waals surface area contributed by atoms with Crippen molar-refractivity contribution in [1.29, 1.82) is 0 Å². The van der Waals surface area contributed by atoms with Gasteiger partial charge in [-0.05, 0) is 6.07 Å². The van der Waals surface area contributed by atoms with Crippen LogP contribution in [0.3, 0.4) is 0 Å². The molecule has 1 aliphatic heterocycles. The molecule has 0 unspecified atom stereocenters. The molecule has 0 atom stereocenters. The van der Waals surface area contributed by atoms with Gasteiger partial charge in [0.25, 0.3) is 0 Å². The maximum absolute atomic E-state index is 10.6. The minimum Gasteiger partial charge on any atom is -0.477 e. The summed E-state index contributed by atoms with van der Waals surface area (Å²) in [6.45, 7) is 1.48. The van der Waals surface area contributed by atoms with E-state index in [2.05, 4.69) is 9.97 Å². The largest absolute Gasteiger partial charge is 0.477 e. The van der Waals surface area contributed by atoms with Crippen molar-refractivity contribution >= 4 is 11.9 Å². The van der Waals surface area contributed by atoms with Crippen LogP contribution in [0.15, 0.2) is 24.4 Å². The lowest BCUT2D eigenvalue weighted by molar-refractivity contribution is 0.0690. The molecule has 5 nitrogen and oxygen atoms in total. The molecule has 0 bridgehead atoms. The smallest absolute Gasteiger partial charge is 0.354 e. The van der Waals surface area contributed by atoms with Crippen LogP contribution in [0.1, 0.15) is 10.5 Å². The van der Waals surface area contributed by atoms with Crippen molar-refractivity contribution in [1.82, 2.24) is 9.97 Å². The summed E-state index contributed by atoms with van der Waals surface area (Å²) in [5.74, 6) is -0.560. The number of aromatic carboxylic acids is 1. The molecule has 72 valence electrons. The van der Waals surface area contributed by atoms with Crippen molar-refractivity contribution in [2.75, 3.05) is 18.0 Å². The molecule has 2 rings (SSSR count). The van der Waals surface area contributed by atoms with Crippen LogP contribution in [0.2, 0.25) is 0 Å². The molecule has 2 heterocycles. The van der Waals surface area contributed by atoms with Crippen LogP contribution >= 0.6 is 0 Å². The second kappa shape index (κ2) is 3.45. The fraction of sp³-hybridized carbons (Fsp3) is 0.222. The lowest BCUT2D eigenvalue weighted by atomic mass is 10.4. The van der Waals surface area contributed by atoms with E-state index >= 15 is 0 Å².